The van der Waals surface area contributed by atoms with Crippen LogP contribution in [0.3, 0.4) is 0 Å². The first-order valence-electron chi connectivity index (χ1n) is 29.8. The highest BCUT2D eigenvalue weighted by Crippen LogP contribution is 2.15. The third-order valence-corrected chi connectivity index (χ3v) is 12.6. The molecule has 406 valence electrons. The Morgan fingerprint density at radius 1 is 0.310 bits per heavy atom. The molecule has 0 aliphatic rings. The van der Waals surface area contributed by atoms with Crippen LogP contribution in [0, 0.1) is 0 Å². The van der Waals surface area contributed by atoms with Gasteiger partial charge >= 0.3 is 17.9 Å². The summed E-state index contributed by atoms with van der Waals surface area (Å²) in [6, 6.07) is 0. The second-order valence-corrected chi connectivity index (χ2v) is 19.6. The molecule has 1 atom stereocenters. The van der Waals surface area contributed by atoms with Crippen molar-refractivity contribution in [3.63, 3.8) is 0 Å². The molecule has 0 rings (SSSR count). The van der Waals surface area contributed by atoms with Gasteiger partial charge < -0.3 is 14.2 Å². The molecule has 6 heteroatoms. The van der Waals surface area contributed by atoms with Crippen LogP contribution < -0.4 is 0 Å². The molecule has 0 N–H and O–H groups in total. The Hall–Kier alpha value is -3.67. The van der Waals surface area contributed by atoms with Gasteiger partial charge in [0.25, 0.3) is 0 Å². The van der Waals surface area contributed by atoms with Gasteiger partial charge in [0.15, 0.2) is 6.10 Å². The number of hydrogen-bond donors (Lipinski definition) is 0. The zero-order valence-corrected chi connectivity index (χ0v) is 46.5. The molecule has 0 heterocycles. The van der Waals surface area contributed by atoms with E-state index in [9.17, 15) is 14.4 Å². The lowest BCUT2D eigenvalue weighted by Gasteiger charge is -2.18. The second-order valence-electron chi connectivity index (χ2n) is 19.6. The highest BCUT2D eigenvalue weighted by atomic mass is 16.6. The summed E-state index contributed by atoms with van der Waals surface area (Å²) in [6.07, 6.45) is 78.2. The third kappa shape index (κ3) is 57.1. The van der Waals surface area contributed by atoms with E-state index in [1.165, 1.54) is 128 Å². The summed E-state index contributed by atoms with van der Waals surface area (Å²) in [5, 5.41) is 0. The minimum atomic E-state index is -0.797. The number of hydrogen-bond acceptors (Lipinski definition) is 6. The smallest absolute Gasteiger partial charge is 0.306 e. The van der Waals surface area contributed by atoms with Crippen molar-refractivity contribution in [2.75, 3.05) is 13.2 Å². The van der Waals surface area contributed by atoms with Crippen LogP contribution in [0.25, 0.3) is 0 Å². The molecule has 6 nitrogen and oxygen atoms in total. The molecule has 0 fully saturated rings. The lowest BCUT2D eigenvalue weighted by Crippen LogP contribution is -2.30. The van der Waals surface area contributed by atoms with Gasteiger partial charge in [0.05, 0.1) is 0 Å². The van der Waals surface area contributed by atoms with E-state index in [1.54, 1.807) is 0 Å². The molecule has 0 spiro atoms. The fourth-order valence-corrected chi connectivity index (χ4v) is 8.16. The summed E-state index contributed by atoms with van der Waals surface area (Å²) in [6.45, 7) is 6.47. The minimum Gasteiger partial charge on any atom is -0.462 e. The molecule has 0 amide bonds. The second kappa shape index (κ2) is 58.9. The molecule has 0 saturated carbocycles. The van der Waals surface area contributed by atoms with E-state index in [4.69, 9.17) is 14.2 Å². The predicted octanol–water partition coefficient (Wildman–Crippen LogP) is 20.1. The lowest BCUT2D eigenvalue weighted by atomic mass is 10.1. The standard InChI is InChI=1S/C65H110O6/c1-4-7-10-13-16-19-22-25-28-31-33-35-37-40-43-46-49-52-55-58-64(67)70-61-62(60-69-63(66)57-54-51-48-45-42-39-36-30-27-24-21-18-15-12-9-6-3)71-65(68)59-56-53-50-47-44-41-38-34-32-29-26-23-20-17-14-11-8-5-2/h9,12,16,18-19,21-23,25-27,29-30,32,34,38,62H,4-8,10-11,13-15,17,20,24,28,31,33,35-37,39-61H2,1-3H3/b12-9-,19-16-,21-18-,25-22-,26-23-,30-27-,32-29-,38-34-. The number of allylic oxidation sites excluding steroid dienone is 16. The van der Waals surface area contributed by atoms with Crippen LogP contribution in [0.4, 0.5) is 0 Å². The Kier molecular flexibility index (Phi) is 55.9. The summed E-state index contributed by atoms with van der Waals surface area (Å²) in [5.74, 6) is -0.923. The monoisotopic (exact) mass is 987 g/mol. The van der Waals surface area contributed by atoms with Crippen LogP contribution in [0.5, 0.6) is 0 Å². The van der Waals surface area contributed by atoms with E-state index < -0.39 is 6.10 Å². The number of carbonyl (C=O) groups excluding carboxylic acids is 3. The van der Waals surface area contributed by atoms with Crippen molar-refractivity contribution in [1.29, 1.82) is 0 Å². The highest BCUT2D eigenvalue weighted by molar-refractivity contribution is 5.71. The van der Waals surface area contributed by atoms with Crippen molar-refractivity contribution >= 4 is 17.9 Å². The van der Waals surface area contributed by atoms with Gasteiger partial charge in [0, 0.05) is 19.3 Å². The van der Waals surface area contributed by atoms with Crippen molar-refractivity contribution in [1.82, 2.24) is 0 Å². The van der Waals surface area contributed by atoms with Crippen molar-refractivity contribution in [2.45, 2.75) is 284 Å². The number of esters is 3. The topological polar surface area (TPSA) is 78.9 Å². The van der Waals surface area contributed by atoms with Gasteiger partial charge in [-0.3, -0.25) is 14.4 Å². The first-order chi connectivity index (χ1) is 35.0. The highest BCUT2D eigenvalue weighted by Gasteiger charge is 2.19. The van der Waals surface area contributed by atoms with Crippen LogP contribution in [-0.2, 0) is 28.6 Å². The van der Waals surface area contributed by atoms with Gasteiger partial charge in [-0.25, -0.2) is 0 Å². The van der Waals surface area contributed by atoms with Crippen molar-refractivity contribution < 1.29 is 28.6 Å². The summed E-state index contributed by atoms with van der Waals surface area (Å²) in [4.78, 5) is 38.2. The molecular weight excluding hydrogens is 877 g/mol. The van der Waals surface area contributed by atoms with Gasteiger partial charge in [-0.1, -0.05) is 253 Å². The zero-order valence-electron chi connectivity index (χ0n) is 46.5. The predicted molar refractivity (Wildman–Crippen MR) is 307 cm³/mol. The SMILES string of the molecule is CC/C=C\C/C=C\C/C=C\CCCCCCCCC(=O)OCC(COC(=O)CCCCCCCCCCCC/C=C\C=C/CCCCC)OC(=O)CCCCCCC\C=C/C=C\C=C/CCCCCCC. The zero-order chi connectivity index (χ0) is 51.4. The molecule has 0 aromatic rings. The maximum atomic E-state index is 12.9. The quantitative estimate of drug-likeness (QED) is 0.0199. The van der Waals surface area contributed by atoms with E-state index in [1.807, 2.05) is 0 Å². The number of unbranched alkanes of at least 4 members (excludes halogenated alkanes) is 29. The summed E-state index contributed by atoms with van der Waals surface area (Å²) in [7, 11) is 0. The van der Waals surface area contributed by atoms with E-state index in [0.717, 1.165) is 109 Å². The first-order valence-corrected chi connectivity index (χ1v) is 29.8. The number of rotatable bonds is 53. The van der Waals surface area contributed by atoms with E-state index in [2.05, 4.69) is 118 Å². The molecular formula is C65H110O6. The van der Waals surface area contributed by atoms with Crippen LogP contribution in [0.2, 0.25) is 0 Å². The maximum absolute atomic E-state index is 12.9. The van der Waals surface area contributed by atoms with E-state index >= 15 is 0 Å². The van der Waals surface area contributed by atoms with Gasteiger partial charge in [0.1, 0.15) is 13.2 Å². The molecule has 0 bridgehead atoms. The summed E-state index contributed by atoms with van der Waals surface area (Å²) in [5.41, 5.74) is 0. The summed E-state index contributed by atoms with van der Waals surface area (Å²) < 4.78 is 16.9. The molecule has 0 aromatic carbocycles. The van der Waals surface area contributed by atoms with Crippen LogP contribution in [-0.4, -0.2) is 37.2 Å². The Morgan fingerprint density at radius 3 is 1.01 bits per heavy atom. The normalized spacial score (nSPS) is 12.8. The Morgan fingerprint density at radius 2 is 0.606 bits per heavy atom. The fourth-order valence-electron chi connectivity index (χ4n) is 8.16. The molecule has 1 unspecified atom stereocenters. The fraction of sp³-hybridized carbons (Fsp3) is 0.708. The van der Waals surface area contributed by atoms with E-state index in [0.29, 0.717) is 19.3 Å². The van der Waals surface area contributed by atoms with Crippen LogP contribution in [0.1, 0.15) is 278 Å². The van der Waals surface area contributed by atoms with Crippen LogP contribution >= 0.6 is 0 Å². The average molecular weight is 988 g/mol. The number of carbonyl (C=O) groups is 3. The molecule has 0 aliphatic carbocycles. The number of ether oxygens (including phenoxy) is 3. The van der Waals surface area contributed by atoms with Crippen molar-refractivity contribution in [3.05, 3.63) is 97.2 Å². The van der Waals surface area contributed by atoms with Gasteiger partial charge in [-0.15, -0.1) is 0 Å². The third-order valence-electron chi connectivity index (χ3n) is 12.6. The van der Waals surface area contributed by atoms with Gasteiger partial charge in [0.2, 0.25) is 0 Å². The van der Waals surface area contributed by atoms with Crippen molar-refractivity contribution in [2.24, 2.45) is 0 Å². The van der Waals surface area contributed by atoms with E-state index in [-0.39, 0.29) is 31.1 Å². The molecule has 0 aromatic heterocycles. The molecule has 0 radical (unpaired) electrons. The Labute approximate surface area is 438 Å². The minimum absolute atomic E-state index is 0.0923. The molecule has 71 heavy (non-hydrogen) atoms. The Bertz CT molecular complexity index is 1410. The lowest BCUT2D eigenvalue weighted by molar-refractivity contribution is -0.167. The molecule has 0 aliphatic heterocycles. The molecule has 0 saturated heterocycles. The maximum Gasteiger partial charge on any atom is 0.306 e. The van der Waals surface area contributed by atoms with Crippen molar-refractivity contribution in [3.8, 4) is 0 Å². The first kappa shape index (κ1) is 67.3. The average Bonchev–Trinajstić information content (AvgIpc) is 3.37. The van der Waals surface area contributed by atoms with Crippen LogP contribution in [0.15, 0.2) is 97.2 Å². The van der Waals surface area contributed by atoms with Gasteiger partial charge in [-0.2, -0.15) is 0 Å². The Balaban J connectivity index is 4.45. The summed E-state index contributed by atoms with van der Waals surface area (Å²) >= 11 is 0. The largest absolute Gasteiger partial charge is 0.462 e. The van der Waals surface area contributed by atoms with Gasteiger partial charge in [-0.05, 0) is 103 Å².